The number of amides is 1. The van der Waals surface area contributed by atoms with Crippen molar-refractivity contribution in [3.63, 3.8) is 0 Å². The summed E-state index contributed by atoms with van der Waals surface area (Å²) in [7, 11) is 1.52. The predicted octanol–water partition coefficient (Wildman–Crippen LogP) is 2.77. The number of nitro benzene ring substituents is 1. The number of hydrazone groups is 1. The molecule has 2 aromatic rings. The summed E-state index contributed by atoms with van der Waals surface area (Å²) in [6.07, 6.45) is 1.41. The van der Waals surface area contributed by atoms with Crippen molar-refractivity contribution in [2.45, 2.75) is 6.92 Å². The van der Waals surface area contributed by atoms with Gasteiger partial charge in [0.1, 0.15) is 5.56 Å². The first kappa shape index (κ1) is 17.9. The first-order chi connectivity index (χ1) is 12.1. The molecule has 0 saturated heterocycles. The number of para-hydroxylation sites is 1. The van der Waals surface area contributed by atoms with Crippen LogP contribution in [-0.4, -0.2) is 30.8 Å². The minimum absolute atomic E-state index is 0.0612. The Morgan fingerprint density at radius 1 is 1.28 bits per heavy atom. The second-order valence-corrected chi connectivity index (χ2v) is 4.82. The number of hydrogen-bond acceptors (Lipinski definition) is 6. The molecule has 0 aliphatic rings. The van der Waals surface area contributed by atoms with E-state index >= 15 is 0 Å². The highest BCUT2D eigenvalue weighted by atomic mass is 16.6. The molecule has 25 heavy (non-hydrogen) atoms. The van der Waals surface area contributed by atoms with E-state index in [9.17, 15) is 14.9 Å². The van der Waals surface area contributed by atoms with Crippen molar-refractivity contribution in [1.29, 1.82) is 0 Å². The molecule has 0 aliphatic carbocycles. The van der Waals surface area contributed by atoms with Gasteiger partial charge in [0.2, 0.25) is 0 Å². The van der Waals surface area contributed by atoms with Crippen LogP contribution in [0.3, 0.4) is 0 Å². The maximum absolute atomic E-state index is 12.0. The number of nitrogens with one attached hydrogen (secondary N) is 1. The molecule has 8 heteroatoms. The van der Waals surface area contributed by atoms with Gasteiger partial charge in [-0.3, -0.25) is 14.9 Å². The van der Waals surface area contributed by atoms with Gasteiger partial charge >= 0.3 is 0 Å². The Hall–Kier alpha value is -3.42. The Kier molecular flexibility index (Phi) is 6.05. The normalized spacial score (nSPS) is 10.5. The third kappa shape index (κ3) is 4.54. The average molecular weight is 343 g/mol. The van der Waals surface area contributed by atoms with Crippen LogP contribution in [0, 0.1) is 10.1 Å². The number of benzene rings is 2. The lowest BCUT2D eigenvalue weighted by Gasteiger charge is -2.09. The van der Waals surface area contributed by atoms with Crippen molar-refractivity contribution in [3.05, 3.63) is 63.7 Å². The van der Waals surface area contributed by atoms with Gasteiger partial charge in [0.15, 0.2) is 11.5 Å². The van der Waals surface area contributed by atoms with Gasteiger partial charge in [-0.1, -0.05) is 12.1 Å². The number of carbonyl (C=O) groups is 1. The molecule has 0 radical (unpaired) electrons. The molecule has 0 atom stereocenters. The lowest BCUT2D eigenvalue weighted by Crippen LogP contribution is -2.18. The Labute approximate surface area is 144 Å². The molecule has 0 fully saturated rings. The van der Waals surface area contributed by atoms with Crippen molar-refractivity contribution in [2.75, 3.05) is 13.7 Å². The molecular formula is C17H17N3O5. The van der Waals surface area contributed by atoms with Crippen molar-refractivity contribution in [1.82, 2.24) is 5.43 Å². The molecule has 1 amide bonds. The largest absolute Gasteiger partial charge is 0.493 e. The quantitative estimate of drug-likeness (QED) is 0.473. The summed E-state index contributed by atoms with van der Waals surface area (Å²) in [5, 5.41) is 14.8. The standard InChI is InChI=1S/C17H17N3O5/c1-3-25-15-9-8-12(10-16(15)24-2)11-18-19-17(21)13-6-4-5-7-14(13)20(22)23/h4-11H,3H2,1-2H3,(H,19,21). The van der Waals surface area contributed by atoms with Crippen LogP contribution in [-0.2, 0) is 0 Å². The number of rotatable bonds is 7. The monoisotopic (exact) mass is 343 g/mol. The van der Waals surface area contributed by atoms with E-state index in [1.165, 1.54) is 31.5 Å². The summed E-state index contributed by atoms with van der Waals surface area (Å²) in [4.78, 5) is 22.4. The molecule has 1 N–H and O–H groups in total. The highest BCUT2D eigenvalue weighted by Gasteiger charge is 2.18. The SMILES string of the molecule is CCOc1ccc(C=NNC(=O)c2ccccc2[N+](=O)[O-])cc1OC. The summed E-state index contributed by atoms with van der Waals surface area (Å²) < 4.78 is 10.6. The Balaban J connectivity index is 2.11. The topological polar surface area (TPSA) is 103 Å². The summed E-state index contributed by atoms with van der Waals surface area (Å²) >= 11 is 0. The summed E-state index contributed by atoms with van der Waals surface area (Å²) in [5.41, 5.74) is 2.60. The molecular weight excluding hydrogens is 326 g/mol. The molecule has 0 bridgehead atoms. The van der Waals surface area contributed by atoms with E-state index in [1.807, 2.05) is 6.92 Å². The smallest absolute Gasteiger partial charge is 0.282 e. The molecule has 130 valence electrons. The molecule has 0 saturated carbocycles. The van der Waals surface area contributed by atoms with E-state index in [-0.39, 0.29) is 11.3 Å². The average Bonchev–Trinajstić information content (AvgIpc) is 2.62. The first-order valence-electron chi connectivity index (χ1n) is 7.44. The second-order valence-electron chi connectivity index (χ2n) is 4.82. The van der Waals surface area contributed by atoms with Gasteiger partial charge in [-0.05, 0) is 36.8 Å². The van der Waals surface area contributed by atoms with Crippen LogP contribution in [0.1, 0.15) is 22.8 Å². The minimum atomic E-state index is -0.665. The predicted molar refractivity (Wildman–Crippen MR) is 92.3 cm³/mol. The van der Waals surface area contributed by atoms with Crippen LogP contribution in [0.25, 0.3) is 0 Å². The maximum atomic E-state index is 12.0. The molecule has 0 unspecified atom stereocenters. The molecule has 0 heterocycles. The van der Waals surface area contributed by atoms with Crippen LogP contribution in [0.15, 0.2) is 47.6 Å². The van der Waals surface area contributed by atoms with Gasteiger partial charge in [-0.2, -0.15) is 5.10 Å². The Morgan fingerprint density at radius 3 is 2.72 bits per heavy atom. The summed E-state index contributed by atoms with van der Waals surface area (Å²) in [5.74, 6) is 0.475. The number of methoxy groups -OCH3 is 1. The van der Waals surface area contributed by atoms with Gasteiger partial charge in [-0.25, -0.2) is 5.43 Å². The highest BCUT2D eigenvalue weighted by Crippen LogP contribution is 2.27. The van der Waals surface area contributed by atoms with E-state index < -0.39 is 10.8 Å². The summed E-state index contributed by atoms with van der Waals surface area (Å²) in [6.45, 7) is 2.38. The lowest BCUT2D eigenvalue weighted by molar-refractivity contribution is -0.385. The molecule has 2 aromatic carbocycles. The fraction of sp³-hybridized carbons (Fsp3) is 0.176. The van der Waals surface area contributed by atoms with Crippen molar-refractivity contribution >= 4 is 17.8 Å². The molecule has 2 rings (SSSR count). The molecule has 0 aliphatic heterocycles. The van der Waals surface area contributed by atoms with Crippen LogP contribution >= 0.6 is 0 Å². The van der Waals surface area contributed by atoms with Crippen molar-refractivity contribution in [2.24, 2.45) is 5.10 Å². The Bertz CT molecular complexity index is 805. The second kappa shape index (κ2) is 8.44. The van der Waals surface area contributed by atoms with Crippen LogP contribution in [0.4, 0.5) is 5.69 Å². The number of ether oxygens (including phenoxy) is 2. The van der Waals surface area contributed by atoms with Crippen molar-refractivity contribution < 1.29 is 19.2 Å². The van der Waals surface area contributed by atoms with Gasteiger partial charge in [0.25, 0.3) is 11.6 Å². The third-order valence-corrected chi connectivity index (χ3v) is 3.21. The summed E-state index contributed by atoms with van der Waals surface area (Å²) in [6, 6.07) is 10.8. The van der Waals surface area contributed by atoms with Gasteiger partial charge in [0.05, 0.1) is 24.9 Å². The highest BCUT2D eigenvalue weighted by molar-refractivity contribution is 5.98. The maximum Gasteiger partial charge on any atom is 0.282 e. The molecule has 0 aromatic heterocycles. The number of nitrogens with zero attached hydrogens (tertiary/aromatic N) is 2. The van der Waals surface area contributed by atoms with Gasteiger partial charge < -0.3 is 9.47 Å². The van der Waals surface area contributed by atoms with Gasteiger partial charge in [-0.15, -0.1) is 0 Å². The van der Waals surface area contributed by atoms with Crippen LogP contribution in [0.5, 0.6) is 11.5 Å². The first-order valence-corrected chi connectivity index (χ1v) is 7.44. The lowest BCUT2D eigenvalue weighted by atomic mass is 10.2. The van der Waals surface area contributed by atoms with Crippen LogP contribution in [0.2, 0.25) is 0 Å². The van der Waals surface area contributed by atoms with Gasteiger partial charge in [0, 0.05) is 6.07 Å². The van der Waals surface area contributed by atoms with E-state index in [1.54, 1.807) is 24.3 Å². The molecule has 8 nitrogen and oxygen atoms in total. The van der Waals surface area contributed by atoms with E-state index in [0.29, 0.717) is 23.7 Å². The zero-order chi connectivity index (χ0) is 18.2. The zero-order valence-corrected chi connectivity index (χ0v) is 13.8. The van der Waals surface area contributed by atoms with Crippen molar-refractivity contribution in [3.8, 4) is 11.5 Å². The van der Waals surface area contributed by atoms with Crippen LogP contribution < -0.4 is 14.9 Å². The van der Waals surface area contributed by atoms with E-state index in [0.717, 1.165) is 0 Å². The zero-order valence-electron chi connectivity index (χ0n) is 13.8. The number of nitro groups is 1. The van der Waals surface area contributed by atoms with E-state index in [2.05, 4.69) is 10.5 Å². The number of hydrogen-bond donors (Lipinski definition) is 1. The number of carbonyl (C=O) groups excluding carboxylic acids is 1. The third-order valence-electron chi connectivity index (χ3n) is 3.21. The molecule has 0 spiro atoms. The minimum Gasteiger partial charge on any atom is -0.493 e. The van der Waals surface area contributed by atoms with E-state index in [4.69, 9.17) is 9.47 Å². The fourth-order valence-corrected chi connectivity index (χ4v) is 2.09. The Morgan fingerprint density at radius 2 is 2.04 bits per heavy atom. The fourth-order valence-electron chi connectivity index (χ4n) is 2.09.